The summed E-state index contributed by atoms with van der Waals surface area (Å²) in [5.74, 6) is 0.329. The summed E-state index contributed by atoms with van der Waals surface area (Å²) >= 11 is 0. The number of hydrogen-bond donors (Lipinski definition) is 1. The first-order chi connectivity index (χ1) is 8.33. The predicted octanol–water partition coefficient (Wildman–Crippen LogP) is -1.19. The fourth-order valence-electron chi connectivity index (χ4n) is 2.81. The number of piperazine rings is 1. The molecule has 0 aromatic rings. The van der Waals surface area contributed by atoms with Crippen molar-refractivity contribution in [2.24, 2.45) is 0 Å². The van der Waals surface area contributed by atoms with Gasteiger partial charge in [-0.3, -0.25) is 14.6 Å². The number of nitrogens with zero attached hydrogens (tertiary/aromatic N) is 3. The Labute approximate surface area is 103 Å². The quantitative estimate of drug-likeness (QED) is 0.671. The summed E-state index contributed by atoms with van der Waals surface area (Å²) in [7, 11) is 0. The van der Waals surface area contributed by atoms with Gasteiger partial charge in [0.2, 0.25) is 5.91 Å². The zero-order valence-electron chi connectivity index (χ0n) is 10.4. The summed E-state index contributed by atoms with van der Waals surface area (Å²) in [6.45, 7) is 9.33. The fourth-order valence-corrected chi connectivity index (χ4v) is 2.81. The fraction of sp³-hybridized carbons (Fsp3) is 0.917. The Morgan fingerprint density at radius 2 is 1.82 bits per heavy atom. The van der Waals surface area contributed by atoms with Crippen molar-refractivity contribution in [1.82, 2.24) is 20.0 Å². The second kappa shape index (κ2) is 4.92. The van der Waals surface area contributed by atoms with E-state index in [1.165, 1.54) is 19.5 Å². The van der Waals surface area contributed by atoms with E-state index < -0.39 is 0 Å². The van der Waals surface area contributed by atoms with Crippen LogP contribution in [0.25, 0.3) is 0 Å². The van der Waals surface area contributed by atoms with Gasteiger partial charge in [-0.15, -0.1) is 0 Å². The molecule has 3 heterocycles. The minimum Gasteiger partial charge on any atom is -0.341 e. The van der Waals surface area contributed by atoms with Crippen molar-refractivity contribution in [2.45, 2.75) is 12.5 Å². The van der Waals surface area contributed by atoms with E-state index in [4.69, 9.17) is 0 Å². The number of likely N-dealkylation sites (tertiary alicyclic amines) is 2. The van der Waals surface area contributed by atoms with Crippen molar-refractivity contribution in [2.75, 3.05) is 58.9 Å². The van der Waals surface area contributed by atoms with Crippen molar-refractivity contribution in [3.63, 3.8) is 0 Å². The molecule has 0 unspecified atom stereocenters. The standard InChI is InChI=1S/C12H22N4O/c17-12(16-4-1-5-16)10-14-8-11(9-14)15-6-2-13-3-7-15/h11,13H,1-10H2. The van der Waals surface area contributed by atoms with Gasteiger partial charge in [0, 0.05) is 58.4 Å². The van der Waals surface area contributed by atoms with Crippen LogP contribution in [0.5, 0.6) is 0 Å². The second-order valence-electron chi connectivity index (χ2n) is 5.37. The van der Waals surface area contributed by atoms with E-state index in [-0.39, 0.29) is 0 Å². The van der Waals surface area contributed by atoms with Crippen LogP contribution in [0.2, 0.25) is 0 Å². The molecular weight excluding hydrogens is 216 g/mol. The Morgan fingerprint density at radius 1 is 1.12 bits per heavy atom. The molecular formula is C12H22N4O. The first-order valence-electron chi connectivity index (χ1n) is 6.78. The maximum absolute atomic E-state index is 11.8. The van der Waals surface area contributed by atoms with Crippen LogP contribution < -0.4 is 5.32 Å². The maximum Gasteiger partial charge on any atom is 0.236 e. The summed E-state index contributed by atoms with van der Waals surface area (Å²) < 4.78 is 0. The molecule has 0 saturated carbocycles. The van der Waals surface area contributed by atoms with Gasteiger partial charge in [0.15, 0.2) is 0 Å². The molecule has 0 aromatic heterocycles. The van der Waals surface area contributed by atoms with Gasteiger partial charge >= 0.3 is 0 Å². The van der Waals surface area contributed by atoms with Gasteiger partial charge in [0.25, 0.3) is 0 Å². The molecule has 0 atom stereocenters. The number of rotatable bonds is 3. The van der Waals surface area contributed by atoms with Crippen molar-refractivity contribution >= 4 is 5.91 Å². The SMILES string of the molecule is O=C(CN1CC(N2CCNCC2)C1)N1CCC1. The minimum atomic E-state index is 0.329. The average Bonchev–Trinajstić information content (AvgIpc) is 2.21. The van der Waals surface area contributed by atoms with Gasteiger partial charge in [0.05, 0.1) is 6.54 Å². The zero-order valence-corrected chi connectivity index (χ0v) is 10.4. The van der Waals surface area contributed by atoms with Crippen LogP contribution in [0.4, 0.5) is 0 Å². The molecule has 1 amide bonds. The van der Waals surface area contributed by atoms with Crippen LogP contribution in [0.1, 0.15) is 6.42 Å². The molecule has 1 N–H and O–H groups in total. The van der Waals surface area contributed by atoms with Crippen molar-refractivity contribution < 1.29 is 4.79 Å². The van der Waals surface area contributed by atoms with Crippen LogP contribution in [-0.2, 0) is 4.79 Å². The molecule has 3 fully saturated rings. The molecule has 96 valence electrons. The van der Waals surface area contributed by atoms with Gasteiger partial charge in [-0.25, -0.2) is 0 Å². The first kappa shape index (κ1) is 11.4. The molecule has 5 heteroatoms. The molecule has 3 rings (SSSR count). The molecule has 0 bridgehead atoms. The number of hydrogen-bond acceptors (Lipinski definition) is 4. The third-order valence-electron chi connectivity index (χ3n) is 4.17. The predicted molar refractivity (Wildman–Crippen MR) is 65.9 cm³/mol. The van der Waals surface area contributed by atoms with Gasteiger partial charge in [-0.1, -0.05) is 0 Å². The molecule has 3 aliphatic rings. The average molecular weight is 238 g/mol. The van der Waals surface area contributed by atoms with E-state index in [0.29, 0.717) is 18.5 Å². The lowest BCUT2D eigenvalue weighted by molar-refractivity contribution is -0.137. The van der Waals surface area contributed by atoms with Crippen LogP contribution in [0.3, 0.4) is 0 Å². The maximum atomic E-state index is 11.8. The highest BCUT2D eigenvalue weighted by molar-refractivity contribution is 5.79. The Bertz CT molecular complexity index is 280. The van der Waals surface area contributed by atoms with Crippen molar-refractivity contribution in [3.05, 3.63) is 0 Å². The third kappa shape index (κ3) is 2.46. The number of amides is 1. The normalized spacial score (nSPS) is 27.6. The molecule has 5 nitrogen and oxygen atoms in total. The Morgan fingerprint density at radius 3 is 2.41 bits per heavy atom. The van der Waals surface area contributed by atoms with Gasteiger partial charge in [-0.05, 0) is 6.42 Å². The number of carbonyl (C=O) groups excluding carboxylic acids is 1. The molecule has 17 heavy (non-hydrogen) atoms. The minimum absolute atomic E-state index is 0.329. The lowest BCUT2D eigenvalue weighted by Gasteiger charge is -2.47. The Hall–Kier alpha value is -0.650. The van der Waals surface area contributed by atoms with E-state index in [1.807, 2.05) is 4.90 Å². The first-order valence-corrected chi connectivity index (χ1v) is 6.78. The highest BCUT2D eigenvalue weighted by Crippen LogP contribution is 2.16. The molecule has 0 spiro atoms. The molecule has 0 radical (unpaired) electrons. The summed E-state index contributed by atoms with van der Waals surface area (Å²) in [5.41, 5.74) is 0. The summed E-state index contributed by atoms with van der Waals surface area (Å²) in [5, 5.41) is 3.38. The summed E-state index contributed by atoms with van der Waals surface area (Å²) in [6.07, 6.45) is 1.19. The van der Waals surface area contributed by atoms with E-state index in [2.05, 4.69) is 15.1 Å². The monoisotopic (exact) mass is 238 g/mol. The summed E-state index contributed by atoms with van der Waals surface area (Å²) in [4.78, 5) is 18.6. The highest BCUT2D eigenvalue weighted by atomic mass is 16.2. The topological polar surface area (TPSA) is 38.8 Å². The van der Waals surface area contributed by atoms with Crippen LogP contribution in [0.15, 0.2) is 0 Å². The second-order valence-corrected chi connectivity index (χ2v) is 5.37. The lowest BCUT2D eigenvalue weighted by atomic mass is 10.1. The molecule has 0 aromatic carbocycles. The third-order valence-corrected chi connectivity index (χ3v) is 4.17. The van der Waals surface area contributed by atoms with Crippen molar-refractivity contribution in [3.8, 4) is 0 Å². The van der Waals surface area contributed by atoms with E-state index >= 15 is 0 Å². The van der Waals surface area contributed by atoms with Crippen LogP contribution >= 0.6 is 0 Å². The summed E-state index contributed by atoms with van der Waals surface area (Å²) in [6, 6.07) is 0.696. The molecule has 3 saturated heterocycles. The van der Waals surface area contributed by atoms with Gasteiger partial charge in [-0.2, -0.15) is 0 Å². The smallest absolute Gasteiger partial charge is 0.236 e. The molecule has 3 aliphatic heterocycles. The van der Waals surface area contributed by atoms with Crippen molar-refractivity contribution in [1.29, 1.82) is 0 Å². The van der Waals surface area contributed by atoms with E-state index in [9.17, 15) is 4.79 Å². The largest absolute Gasteiger partial charge is 0.341 e. The van der Waals surface area contributed by atoms with Crippen LogP contribution in [-0.4, -0.2) is 85.6 Å². The highest BCUT2D eigenvalue weighted by Gasteiger charge is 2.34. The number of carbonyl (C=O) groups is 1. The van der Waals surface area contributed by atoms with E-state index in [1.54, 1.807) is 0 Å². The number of nitrogens with one attached hydrogen (secondary N) is 1. The Balaban J connectivity index is 1.37. The lowest BCUT2D eigenvalue weighted by Crippen LogP contribution is -2.64. The van der Waals surface area contributed by atoms with Gasteiger partial charge in [0.1, 0.15) is 0 Å². The van der Waals surface area contributed by atoms with Gasteiger partial charge < -0.3 is 10.2 Å². The Kier molecular flexibility index (Phi) is 3.31. The molecule has 0 aliphatic carbocycles. The van der Waals surface area contributed by atoms with Crippen LogP contribution in [0, 0.1) is 0 Å². The zero-order chi connectivity index (χ0) is 11.7. The van der Waals surface area contributed by atoms with E-state index in [0.717, 1.165) is 39.3 Å².